The topological polar surface area (TPSA) is 134 Å². The quantitative estimate of drug-likeness (QED) is 0.311. The lowest BCUT2D eigenvalue weighted by Gasteiger charge is -2.20. The Morgan fingerprint density at radius 3 is 2.57 bits per heavy atom. The van der Waals surface area contributed by atoms with Crippen LogP contribution in [0.3, 0.4) is 0 Å². The van der Waals surface area contributed by atoms with Crippen LogP contribution in [0.5, 0.6) is 0 Å². The van der Waals surface area contributed by atoms with E-state index in [0.717, 1.165) is 0 Å². The van der Waals surface area contributed by atoms with Crippen molar-refractivity contribution >= 4 is 33.5 Å². The van der Waals surface area contributed by atoms with E-state index in [4.69, 9.17) is 10.7 Å². The van der Waals surface area contributed by atoms with Crippen LogP contribution in [-0.4, -0.2) is 35.2 Å². The minimum atomic E-state index is -0.693. The molecule has 0 spiro atoms. The normalized spacial score (nSPS) is 11.4. The van der Waals surface area contributed by atoms with Crippen molar-refractivity contribution < 1.29 is 4.79 Å². The number of anilines is 1. The van der Waals surface area contributed by atoms with E-state index in [0.29, 0.717) is 44.6 Å². The molecule has 0 saturated carbocycles. The van der Waals surface area contributed by atoms with Crippen LogP contribution in [0.15, 0.2) is 90.1 Å². The number of carbonyl (C=O) groups is 1. The van der Waals surface area contributed by atoms with E-state index >= 15 is 0 Å². The zero-order valence-corrected chi connectivity index (χ0v) is 22.2. The molecule has 0 aliphatic carbocycles. The van der Waals surface area contributed by atoms with Crippen molar-refractivity contribution in [1.29, 1.82) is 0 Å². The second kappa shape index (κ2) is 11.3. The highest BCUT2D eigenvalue weighted by Gasteiger charge is 2.23. The Hall–Kier alpha value is -5.82. The van der Waals surface area contributed by atoms with Crippen molar-refractivity contribution in [3.63, 3.8) is 0 Å². The van der Waals surface area contributed by atoms with Crippen LogP contribution in [0, 0.1) is 11.8 Å². The van der Waals surface area contributed by atoms with Gasteiger partial charge >= 0.3 is 0 Å². The van der Waals surface area contributed by atoms with Gasteiger partial charge in [-0.3, -0.25) is 23.8 Å². The summed E-state index contributed by atoms with van der Waals surface area (Å²) in [7, 11) is 1.81. The molecule has 0 saturated heterocycles. The Morgan fingerprint density at radius 2 is 1.81 bits per heavy atom. The van der Waals surface area contributed by atoms with Crippen molar-refractivity contribution in [2.45, 2.75) is 20.4 Å². The Balaban J connectivity index is 0.00000353. The maximum Gasteiger partial charge on any atom is 0.267 e. The van der Waals surface area contributed by atoms with Gasteiger partial charge in [-0.15, -0.1) is 0 Å². The third-order valence-corrected chi connectivity index (χ3v) is 6.61. The second-order valence-electron chi connectivity index (χ2n) is 9.43. The van der Waals surface area contributed by atoms with Crippen molar-refractivity contribution in [2.75, 3.05) is 5.73 Å². The Bertz CT molecular complexity index is 2070. The summed E-state index contributed by atoms with van der Waals surface area (Å²) in [5, 5.41) is 8.30. The van der Waals surface area contributed by atoms with Gasteiger partial charge in [-0.1, -0.05) is 37.6 Å². The van der Waals surface area contributed by atoms with Crippen molar-refractivity contribution in [1.82, 2.24) is 34.6 Å². The molecular weight excluding hydrogens is 528 g/mol. The number of benzene rings is 2. The monoisotopic (exact) mass is 556 g/mol. The molecule has 1 amide bonds. The highest BCUT2D eigenvalue weighted by Crippen LogP contribution is 2.23. The van der Waals surface area contributed by atoms with Gasteiger partial charge in [-0.05, 0) is 55.3 Å². The molecule has 0 aliphatic heterocycles. The molecule has 3 N–H and O–H groups in total. The van der Waals surface area contributed by atoms with Crippen molar-refractivity contribution in [3.8, 4) is 17.5 Å². The molecule has 10 nitrogen and oxygen atoms in total. The number of fused-ring (bicyclic) bond motifs is 2. The number of nitrogen functional groups attached to an aromatic ring is 1. The van der Waals surface area contributed by atoms with Crippen molar-refractivity contribution in [3.05, 3.63) is 118 Å². The van der Waals surface area contributed by atoms with Gasteiger partial charge in [0.25, 0.3) is 11.5 Å². The zero-order valence-electron chi connectivity index (χ0n) is 22.2. The van der Waals surface area contributed by atoms with Crippen LogP contribution >= 0.6 is 0 Å². The molecule has 0 unspecified atom stereocenters. The first-order valence-corrected chi connectivity index (χ1v) is 12.8. The van der Waals surface area contributed by atoms with Gasteiger partial charge in [-0.2, -0.15) is 5.10 Å². The molecule has 10 heteroatoms. The first kappa shape index (κ1) is 27.7. The van der Waals surface area contributed by atoms with Crippen LogP contribution in [0.4, 0.5) is 5.82 Å². The molecular formula is C32H28N8O2. The van der Waals surface area contributed by atoms with Gasteiger partial charge in [0, 0.05) is 36.6 Å². The van der Waals surface area contributed by atoms with E-state index in [1.807, 2.05) is 37.4 Å². The molecule has 6 rings (SSSR count). The fourth-order valence-corrected chi connectivity index (χ4v) is 4.69. The van der Waals surface area contributed by atoms with Crippen LogP contribution in [-0.2, 0) is 7.05 Å². The number of nitrogens with one attached hydrogen (secondary N) is 1. The number of hydrogen-bond donors (Lipinski definition) is 2. The molecule has 2 aromatic carbocycles. The van der Waals surface area contributed by atoms with Crippen LogP contribution in [0.2, 0.25) is 0 Å². The molecule has 6 aromatic rings. The van der Waals surface area contributed by atoms with E-state index < -0.39 is 11.9 Å². The minimum Gasteiger partial charge on any atom is -0.383 e. The number of nitrogens with two attached hydrogens (primary N) is 1. The smallest absolute Gasteiger partial charge is 0.267 e. The van der Waals surface area contributed by atoms with E-state index in [9.17, 15) is 9.59 Å². The summed E-state index contributed by atoms with van der Waals surface area (Å²) in [4.78, 5) is 41.1. The van der Waals surface area contributed by atoms with E-state index in [1.54, 1.807) is 66.6 Å². The van der Waals surface area contributed by atoms with Crippen molar-refractivity contribution in [2.24, 2.45) is 7.05 Å². The standard InChI is InChI=1S/C31H24N8O2.CH4/c1-19(35-30(40)26-27-21(9-7-16-33-27)18-34-28(26)32)29-36-24-12-6-8-20(13-14-22-15-17-38(2)37-22)25(24)31(41)39(29)23-10-4-3-5-11-23;/h3-12,15-19H,1-2H3,(H2,32,34)(H,35,40);1H4/t19-;/m0./s1. The maximum absolute atomic E-state index is 14.2. The number of para-hydroxylation sites is 1. The molecule has 4 heterocycles. The second-order valence-corrected chi connectivity index (χ2v) is 9.43. The molecule has 42 heavy (non-hydrogen) atoms. The fraction of sp³-hybridized carbons (Fsp3) is 0.125. The SMILES string of the molecule is C.C[C@H](NC(=O)c1c(N)ncc2cccnc12)c1nc2cccc(C#Cc3ccn(C)n3)c2c(=O)n1-c1ccccc1. The Kier molecular flexibility index (Phi) is 7.49. The molecule has 0 radical (unpaired) electrons. The Labute approximate surface area is 241 Å². The predicted molar refractivity (Wildman–Crippen MR) is 163 cm³/mol. The van der Waals surface area contributed by atoms with Crippen LogP contribution in [0.25, 0.3) is 27.5 Å². The molecule has 0 fully saturated rings. The number of pyridine rings is 2. The Morgan fingerprint density at radius 1 is 1.00 bits per heavy atom. The number of aryl methyl sites for hydroxylation is 1. The third kappa shape index (κ3) is 5.07. The third-order valence-electron chi connectivity index (χ3n) is 6.61. The highest BCUT2D eigenvalue weighted by atomic mass is 16.2. The number of aromatic nitrogens is 6. The minimum absolute atomic E-state index is 0. The average molecular weight is 557 g/mol. The molecule has 4 aromatic heterocycles. The highest BCUT2D eigenvalue weighted by molar-refractivity contribution is 6.09. The summed E-state index contributed by atoms with van der Waals surface area (Å²) in [6, 6.07) is 19.2. The van der Waals surface area contributed by atoms with E-state index in [2.05, 4.69) is 32.2 Å². The number of hydrogen-bond acceptors (Lipinski definition) is 7. The lowest BCUT2D eigenvalue weighted by atomic mass is 10.1. The molecule has 208 valence electrons. The number of amides is 1. The molecule has 0 aliphatic rings. The lowest BCUT2D eigenvalue weighted by molar-refractivity contribution is 0.0940. The number of nitrogens with zero attached hydrogens (tertiary/aromatic N) is 6. The summed E-state index contributed by atoms with van der Waals surface area (Å²) in [6.07, 6.45) is 4.97. The van der Waals surface area contributed by atoms with Gasteiger partial charge in [0.05, 0.1) is 28.1 Å². The van der Waals surface area contributed by atoms with Crippen LogP contribution < -0.4 is 16.6 Å². The maximum atomic E-state index is 14.2. The molecule has 1 atom stereocenters. The lowest BCUT2D eigenvalue weighted by Crippen LogP contribution is -2.34. The summed E-state index contributed by atoms with van der Waals surface area (Å²) >= 11 is 0. The fourth-order valence-electron chi connectivity index (χ4n) is 4.69. The van der Waals surface area contributed by atoms with E-state index in [-0.39, 0.29) is 24.4 Å². The summed E-state index contributed by atoms with van der Waals surface area (Å²) in [5.74, 6) is 6.04. The summed E-state index contributed by atoms with van der Waals surface area (Å²) < 4.78 is 3.17. The first-order chi connectivity index (χ1) is 19.9. The summed E-state index contributed by atoms with van der Waals surface area (Å²) in [6.45, 7) is 1.76. The van der Waals surface area contributed by atoms with E-state index in [1.165, 1.54) is 4.57 Å². The summed E-state index contributed by atoms with van der Waals surface area (Å²) in [5.41, 5.74) is 8.57. The predicted octanol–water partition coefficient (Wildman–Crippen LogP) is 4.17. The van der Waals surface area contributed by atoms with Gasteiger partial charge in [-0.25, -0.2) is 9.97 Å². The largest absolute Gasteiger partial charge is 0.383 e. The first-order valence-electron chi connectivity index (χ1n) is 12.8. The van der Waals surface area contributed by atoms with Crippen LogP contribution in [0.1, 0.15) is 47.8 Å². The van der Waals surface area contributed by atoms with Gasteiger partial charge < -0.3 is 11.1 Å². The molecule has 0 bridgehead atoms. The van der Waals surface area contributed by atoms with Gasteiger partial charge in [0.2, 0.25) is 0 Å². The zero-order chi connectivity index (χ0) is 28.5. The van der Waals surface area contributed by atoms with Gasteiger partial charge in [0.15, 0.2) is 0 Å². The number of carbonyl (C=O) groups excluding carboxylic acids is 1. The average Bonchev–Trinajstić information content (AvgIpc) is 3.40. The van der Waals surface area contributed by atoms with Gasteiger partial charge in [0.1, 0.15) is 22.9 Å². The number of rotatable bonds is 4.